The summed E-state index contributed by atoms with van der Waals surface area (Å²) in [5, 5.41) is 2.16. The number of hydrogen-bond acceptors (Lipinski definition) is 6. The Morgan fingerprint density at radius 1 is 1.09 bits per heavy atom. The third-order valence-corrected chi connectivity index (χ3v) is 6.78. The summed E-state index contributed by atoms with van der Waals surface area (Å²) in [5.74, 6) is -1.55. The van der Waals surface area contributed by atoms with Gasteiger partial charge in [-0.05, 0) is 62.1 Å². The van der Waals surface area contributed by atoms with Crippen LogP contribution in [0.1, 0.15) is 44.2 Å². The van der Waals surface area contributed by atoms with Gasteiger partial charge in [-0.3, -0.25) is 14.9 Å². The first-order valence-electron chi connectivity index (χ1n) is 11.2. The lowest BCUT2D eigenvalue weighted by Gasteiger charge is -2.45. The molecule has 0 saturated carbocycles. The minimum absolute atomic E-state index is 0.0956. The van der Waals surface area contributed by atoms with E-state index in [2.05, 4.69) is 26.1 Å². The molecule has 1 N–H and O–H groups in total. The van der Waals surface area contributed by atoms with Crippen LogP contribution in [0, 0.1) is 5.82 Å². The maximum atomic E-state index is 15.2. The number of barbiturate groups is 1. The molecule has 1 fully saturated rings. The molecule has 184 valence electrons. The van der Waals surface area contributed by atoms with Gasteiger partial charge in [0.2, 0.25) is 0 Å². The molecule has 2 aliphatic heterocycles. The van der Waals surface area contributed by atoms with Crippen molar-refractivity contribution in [3.8, 4) is 11.5 Å². The second kappa shape index (κ2) is 8.72. The van der Waals surface area contributed by atoms with E-state index in [1.807, 2.05) is 11.9 Å². The summed E-state index contributed by atoms with van der Waals surface area (Å²) in [7, 11) is 4.78. The smallest absolute Gasteiger partial charge is 0.336 e. The number of imide groups is 2. The number of methoxy groups -OCH3 is 2. The zero-order valence-electron chi connectivity index (χ0n) is 20.6. The molecule has 2 aromatic rings. The molecule has 1 atom stereocenters. The highest BCUT2D eigenvalue weighted by Crippen LogP contribution is 2.43. The van der Waals surface area contributed by atoms with Gasteiger partial charge < -0.3 is 14.4 Å². The largest absolute Gasteiger partial charge is 0.497 e. The van der Waals surface area contributed by atoms with Gasteiger partial charge in [0.25, 0.3) is 11.8 Å². The Bertz CT molecular complexity index is 1270. The molecule has 9 heteroatoms. The molecule has 1 saturated heterocycles. The van der Waals surface area contributed by atoms with Crippen LogP contribution in [0.25, 0.3) is 6.08 Å². The number of anilines is 2. The van der Waals surface area contributed by atoms with Crippen molar-refractivity contribution < 1.29 is 28.2 Å². The Kier molecular flexibility index (Phi) is 6.04. The predicted molar refractivity (Wildman–Crippen MR) is 130 cm³/mol. The zero-order chi connectivity index (χ0) is 25.7. The van der Waals surface area contributed by atoms with E-state index in [1.165, 1.54) is 38.5 Å². The lowest BCUT2D eigenvalue weighted by molar-refractivity contribution is -0.122. The number of ether oxygens (including phenoxy) is 2. The standard InChI is InChI=1S/C26H28FN3O5/c1-14-13-26(2,3)29(4)21-12-19(27)15(9-17(14)21)10-18-23(31)28-25(33)30(24(18)32)20-8-7-16(34-5)11-22(20)35-6/h7-12,14H,13H2,1-6H3,(H,28,31,33)/b18-10-. The first kappa shape index (κ1) is 24.3. The Morgan fingerprint density at radius 2 is 1.80 bits per heavy atom. The molecule has 2 aliphatic rings. The molecule has 35 heavy (non-hydrogen) atoms. The lowest BCUT2D eigenvalue weighted by Crippen LogP contribution is -2.54. The van der Waals surface area contributed by atoms with Gasteiger partial charge in [-0.15, -0.1) is 0 Å². The molecular formula is C26H28FN3O5. The van der Waals surface area contributed by atoms with E-state index in [9.17, 15) is 14.4 Å². The van der Waals surface area contributed by atoms with Gasteiger partial charge in [-0.1, -0.05) is 6.92 Å². The van der Waals surface area contributed by atoms with Crippen molar-refractivity contribution in [2.24, 2.45) is 0 Å². The summed E-state index contributed by atoms with van der Waals surface area (Å²) >= 11 is 0. The number of halogens is 1. The average molecular weight is 482 g/mol. The normalized spacial score (nSPS) is 20.6. The van der Waals surface area contributed by atoms with Crippen molar-refractivity contribution in [2.45, 2.75) is 38.6 Å². The number of amides is 4. The van der Waals surface area contributed by atoms with Crippen LogP contribution in [0.5, 0.6) is 11.5 Å². The highest BCUT2D eigenvalue weighted by atomic mass is 19.1. The van der Waals surface area contributed by atoms with E-state index < -0.39 is 23.7 Å². The number of benzene rings is 2. The highest BCUT2D eigenvalue weighted by Gasteiger charge is 2.39. The molecule has 1 unspecified atom stereocenters. The molecule has 4 rings (SSSR count). The number of fused-ring (bicyclic) bond motifs is 1. The van der Waals surface area contributed by atoms with Gasteiger partial charge in [0.1, 0.15) is 22.9 Å². The third-order valence-electron chi connectivity index (χ3n) is 6.78. The molecule has 2 heterocycles. The summed E-state index contributed by atoms with van der Waals surface area (Å²) < 4.78 is 25.7. The van der Waals surface area contributed by atoms with Gasteiger partial charge >= 0.3 is 6.03 Å². The third kappa shape index (κ3) is 4.11. The van der Waals surface area contributed by atoms with Gasteiger partial charge in [-0.25, -0.2) is 14.1 Å². The number of nitrogens with zero attached hydrogens (tertiary/aromatic N) is 2. The number of carbonyl (C=O) groups excluding carboxylic acids is 3. The van der Waals surface area contributed by atoms with Crippen molar-refractivity contribution in [3.05, 3.63) is 52.8 Å². The van der Waals surface area contributed by atoms with E-state index >= 15 is 4.39 Å². The molecular weight excluding hydrogens is 453 g/mol. The molecule has 0 spiro atoms. The van der Waals surface area contributed by atoms with Gasteiger partial charge in [0.15, 0.2) is 0 Å². The van der Waals surface area contributed by atoms with Crippen molar-refractivity contribution >= 4 is 35.3 Å². The first-order chi connectivity index (χ1) is 16.5. The Hall–Kier alpha value is -3.88. The molecule has 0 aromatic heterocycles. The molecule has 0 radical (unpaired) electrons. The van der Waals surface area contributed by atoms with Gasteiger partial charge in [0.05, 0.1) is 19.9 Å². The van der Waals surface area contributed by atoms with Crippen LogP contribution in [-0.4, -0.2) is 44.7 Å². The Balaban J connectivity index is 1.78. The van der Waals surface area contributed by atoms with Gasteiger partial charge in [0, 0.05) is 29.9 Å². The van der Waals surface area contributed by atoms with E-state index in [0.29, 0.717) is 5.75 Å². The minimum atomic E-state index is -0.927. The van der Waals surface area contributed by atoms with E-state index in [-0.39, 0.29) is 34.0 Å². The van der Waals surface area contributed by atoms with Crippen LogP contribution in [0.2, 0.25) is 0 Å². The zero-order valence-corrected chi connectivity index (χ0v) is 20.6. The number of hydrogen-bond donors (Lipinski definition) is 1. The number of nitrogens with one attached hydrogen (secondary N) is 1. The average Bonchev–Trinajstić information content (AvgIpc) is 2.80. The van der Waals surface area contributed by atoms with Crippen LogP contribution in [0.4, 0.5) is 20.6 Å². The fourth-order valence-electron chi connectivity index (χ4n) is 4.72. The minimum Gasteiger partial charge on any atom is -0.497 e. The van der Waals surface area contributed by atoms with Crippen molar-refractivity contribution in [1.29, 1.82) is 0 Å². The van der Waals surface area contributed by atoms with E-state index in [0.717, 1.165) is 22.6 Å². The maximum absolute atomic E-state index is 15.2. The summed E-state index contributed by atoms with van der Waals surface area (Å²) in [6.45, 7) is 6.27. The second-order valence-corrected chi connectivity index (χ2v) is 9.40. The molecule has 8 nitrogen and oxygen atoms in total. The fraction of sp³-hybridized carbons (Fsp3) is 0.346. The van der Waals surface area contributed by atoms with Crippen LogP contribution in [0.15, 0.2) is 35.9 Å². The molecule has 2 aromatic carbocycles. The monoisotopic (exact) mass is 481 g/mol. The highest BCUT2D eigenvalue weighted by molar-refractivity contribution is 6.39. The summed E-state index contributed by atoms with van der Waals surface area (Å²) in [6, 6.07) is 6.72. The quantitative estimate of drug-likeness (QED) is 0.519. The molecule has 0 aliphatic carbocycles. The fourth-order valence-corrected chi connectivity index (χ4v) is 4.72. The summed E-state index contributed by atoms with van der Waals surface area (Å²) in [4.78, 5) is 41.4. The Morgan fingerprint density at radius 3 is 2.46 bits per heavy atom. The van der Waals surface area contributed by atoms with Crippen molar-refractivity contribution in [3.63, 3.8) is 0 Å². The van der Waals surface area contributed by atoms with Crippen LogP contribution >= 0.6 is 0 Å². The van der Waals surface area contributed by atoms with Crippen LogP contribution in [0.3, 0.4) is 0 Å². The van der Waals surface area contributed by atoms with E-state index in [4.69, 9.17) is 9.47 Å². The topological polar surface area (TPSA) is 88.2 Å². The summed E-state index contributed by atoms with van der Waals surface area (Å²) in [5.41, 5.74) is 1.41. The number of carbonyl (C=O) groups is 3. The van der Waals surface area contributed by atoms with Gasteiger partial charge in [-0.2, -0.15) is 0 Å². The van der Waals surface area contributed by atoms with Crippen molar-refractivity contribution in [2.75, 3.05) is 31.1 Å². The second-order valence-electron chi connectivity index (χ2n) is 9.40. The first-order valence-corrected chi connectivity index (χ1v) is 11.2. The summed E-state index contributed by atoms with van der Waals surface area (Å²) in [6.07, 6.45) is 2.05. The van der Waals surface area contributed by atoms with Crippen LogP contribution < -0.4 is 24.6 Å². The molecule has 0 bridgehead atoms. The Labute approximate surface area is 203 Å². The number of rotatable bonds is 4. The van der Waals surface area contributed by atoms with Crippen LogP contribution in [-0.2, 0) is 9.59 Å². The SMILES string of the molecule is COc1ccc(N2C(=O)NC(=O)/C(=C/c3cc4c(cc3F)N(C)C(C)(C)CC4C)C2=O)c(OC)c1. The van der Waals surface area contributed by atoms with E-state index in [1.54, 1.807) is 12.1 Å². The predicted octanol–water partition coefficient (Wildman–Crippen LogP) is 4.23. The van der Waals surface area contributed by atoms with Crippen molar-refractivity contribution in [1.82, 2.24) is 5.32 Å². The maximum Gasteiger partial charge on any atom is 0.336 e. The number of urea groups is 1. The lowest BCUT2D eigenvalue weighted by atomic mass is 9.80. The molecule has 4 amide bonds.